The summed E-state index contributed by atoms with van der Waals surface area (Å²) in [5.41, 5.74) is 0.999. The van der Waals surface area contributed by atoms with Crippen LogP contribution in [0, 0.1) is 0 Å². The molecule has 2 N–H and O–H groups in total. The minimum atomic E-state index is -0.596. The van der Waals surface area contributed by atoms with Gasteiger partial charge in [-0.3, -0.25) is 9.69 Å². The molecule has 0 spiro atoms. The van der Waals surface area contributed by atoms with Crippen LogP contribution in [0.2, 0.25) is 0 Å². The zero-order valence-electron chi connectivity index (χ0n) is 12.2. The number of aliphatic hydroxyl groups is 1. The van der Waals surface area contributed by atoms with E-state index in [4.69, 9.17) is 9.47 Å². The molecule has 1 aliphatic rings. The molecule has 1 heterocycles. The molecule has 0 aromatic heterocycles. The Morgan fingerprint density at radius 2 is 2.33 bits per heavy atom. The average Bonchev–Trinajstić information content (AvgIpc) is 2.47. The summed E-state index contributed by atoms with van der Waals surface area (Å²) in [6.45, 7) is 2.86. The van der Waals surface area contributed by atoms with E-state index in [1.54, 1.807) is 7.11 Å². The number of hydrogen-bond acceptors (Lipinski definition) is 5. The van der Waals surface area contributed by atoms with E-state index in [0.717, 1.165) is 17.9 Å². The number of hydrogen-bond donors (Lipinski definition) is 2. The van der Waals surface area contributed by atoms with Crippen molar-refractivity contribution in [2.45, 2.75) is 12.7 Å². The van der Waals surface area contributed by atoms with Crippen LogP contribution in [0.15, 0.2) is 24.3 Å². The van der Waals surface area contributed by atoms with Gasteiger partial charge >= 0.3 is 0 Å². The fraction of sp³-hybridized carbons (Fsp3) is 0.533. The normalized spacial score (nSPS) is 17.3. The second-order valence-electron chi connectivity index (χ2n) is 5.11. The van der Waals surface area contributed by atoms with Crippen molar-refractivity contribution in [3.63, 3.8) is 0 Å². The summed E-state index contributed by atoms with van der Waals surface area (Å²) in [6.07, 6.45) is -0.596. The summed E-state index contributed by atoms with van der Waals surface area (Å²) >= 11 is 0. The molecule has 1 amide bonds. The van der Waals surface area contributed by atoms with Gasteiger partial charge < -0.3 is 19.9 Å². The molecular formula is C15H22N2O4. The number of carbonyl (C=O) groups excluding carboxylic acids is 1. The van der Waals surface area contributed by atoms with Gasteiger partial charge in [0.1, 0.15) is 5.75 Å². The van der Waals surface area contributed by atoms with Gasteiger partial charge in [0.25, 0.3) is 0 Å². The predicted octanol–water partition coefficient (Wildman–Crippen LogP) is 0.00450. The zero-order chi connectivity index (χ0) is 15.1. The van der Waals surface area contributed by atoms with Gasteiger partial charge in [-0.25, -0.2) is 0 Å². The third-order valence-electron chi connectivity index (χ3n) is 3.30. The molecule has 1 aromatic carbocycles. The van der Waals surface area contributed by atoms with Crippen LogP contribution in [0.3, 0.4) is 0 Å². The van der Waals surface area contributed by atoms with E-state index in [9.17, 15) is 9.90 Å². The first-order chi connectivity index (χ1) is 10.2. The van der Waals surface area contributed by atoms with Crippen molar-refractivity contribution in [3.05, 3.63) is 29.8 Å². The highest BCUT2D eigenvalue weighted by Gasteiger charge is 2.18. The fourth-order valence-corrected chi connectivity index (χ4v) is 2.27. The van der Waals surface area contributed by atoms with E-state index in [2.05, 4.69) is 5.32 Å². The van der Waals surface area contributed by atoms with E-state index in [1.165, 1.54) is 0 Å². The molecule has 6 heteroatoms. The van der Waals surface area contributed by atoms with Crippen molar-refractivity contribution in [2.75, 3.05) is 39.9 Å². The molecular weight excluding hydrogens is 272 g/mol. The van der Waals surface area contributed by atoms with E-state index in [1.807, 2.05) is 29.2 Å². The van der Waals surface area contributed by atoms with Gasteiger partial charge in [-0.2, -0.15) is 0 Å². The first kappa shape index (κ1) is 15.8. The SMILES string of the molecule is COc1cccc(COCC(O)CN2CCNC(=O)C2)c1. The van der Waals surface area contributed by atoms with Crippen molar-refractivity contribution < 1.29 is 19.4 Å². The van der Waals surface area contributed by atoms with Gasteiger partial charge in [0.15, 0.2) is 0 Å². The van der Waals surface area contributed by atoms with E-state index in [0.29, 0.717) is 26.2 Å². The maximum atomic E-state index is 11.2. The lowest BCUT2D eigenvalue weighted by Crippen LogP contribution is -2.50. The molecule has 116 valence electrons. The topological polar surface area (TPSA) is 71.0 Å². The van der Waals surface area contributed by atoms with Gasteiger partial charge in [0.05, 0.1) is 33.0 Å². The molecule has 0 radical (unpaired) electrons. The van der Waals surface area contributed by atoms with Crippen LogP contribution in [0.5, 0.6) is 5.75 Å². The average molecular weight is 294 g/mol. The highest BCUT2D eigenvalue weighted by Crippen LogP contribution is 2.13. The van der Waals surface area contributed by atoms with Crippen LogP contribution in [-0.2, 0) is 16.1 Å². The number of nitrogens with one attached hydrogen (secondary N) is 1. The number of piperazine rings is 1. The zero-order valence-corrected chi connectivity index (χ0v) is 12.2. The maximum absolute atomic E-state index is 11.2. The number of nitrogens with zero attached hydrogens (tertiary/aromatic N) is 1. The molecule has 2 rings (SSSR count). The Morgan fingerprint density at radius 1 is 1.48 bits per heavy atom. The highest BCUT2D eigenvalue weighted by atomic mass is 16.5. The summed E-state index contributed by atoms with van der Waals surface area (Å²) in [4.78, 5) is 13.2. The molecule has 21 heavy (non-hydrogen) atoms. The van der Waals surface area contributed by atoms with Crippen LogP contribution in [0.1, 0.15) is 5.56 Å². The van der Waals surface area contributed by atoms with Crippen LogP contribution < -0.4 is 10.1 Å². The van der Waals surface area contributed by atoms with Crippen LogP contribution in [0.4, 0.5) is 0 Å². The van der Waals surface area contributed by atoms with Gasteiger partial charge in [0.2, 0.25) is 5.91 Å². The Kier molecular flexibility index (Phi) is 5.98. The molecule has 1 aromatic rings. The van der Waals surface area contributed by atoms with Crippen LogP contribution in [0.25, 0.3) is 0 Å². The van der Waals surface area contributed by atoms with Crippen LogP contribution >= 0.6 is 0 Å². The predicted molar refractivity (Wildman–Crippen MR) is 78.1 cm³/mol. The molecule has 1 aliphatic heterocycles. The summed E-state index contributed by atoms with van der Waals surface area (Å²) < 4.78 is 10.7. The standard InChI is InChI=1S/C15H22N2O4/c1-20-14-4-2-3-12(7-14)10-21-11-13(18)8-17-6-5-16-15(19)9-17/h2-4,7,13,18H,5-6,8-11H2,1H3,(H,16,19). The van der Waals surface area contributed by atoms with Crippen molar-refractivity contribution in [1.29, 1.82) is 0 Å². The quantitative estimate of drug-likeness (QED) is 0.741. The summed E-state index contributed by atoms with van der Waals surface area (Å²) in [5.74, 6) is 0.793. The molecule has 6 nitrogen and oxygen atoms in total. The highest BCUT2D eigenvalue weighted by molar-refractivity contribution is 5.78. The van der Waals surface area contributed by atoms with E-state index < -0.39 is 6.10 Å². The lowest BCUT2D eigenvalue weighted by atomic mass is 10.2. The van der Waals surface area contributed by atoms with Crippen molar-refractivity contribution in [3.8, 4) is 5.75 Å². The third kappa shape index (κ3) is 5.34. The maximum Gasteiger partial charge on any atom is 0.234 e. The number of carbonyl (C=O) groups is 1. The number of rotatable bonds is 7. The molecule has 1 fully saturated rings. The number of ether oxygens (including phenoxy) is 2. The van der Waals surface area contributed by atoms with Gasteiger partial charge in [-0.15, -0.1) is 0 Å². The van der Waals surface area contributed by atoms with Crippen LogP contribution in [-0.4, -0.2) is 61.9 Å². The number of aliphatic hydroxyl groups excluding tert-OH is 1. The van der Waals surface area contributed by atoms with Gasteiger partial charge in [-0.05, 0) is 17.7 Å². The number of methoxy groups -OCH3 is 1. The molecule has 1 unspecified atom stereocenters. The summed E-state index contributed by atoms with van der Waals surface area (Å²) in [6, 6.07) is 7.63. The number of β-amino-alcohol motifs (C(OH)–C–C–N with tert-alkyl or cyclic N) is 1. The molecule has 1 atom stereocenters. The smallest absolute Gasteiger partial charge is 0.234 e. The number of amides is 1. The fourth-order valence-electron chi connectivity index (χ4n) is 2.27. The third-order valence-corrected chi connectivity index (χ3v) is 3.30. The Bertz CT molecular complexity index is 467. The van der Waals surface area contributed by atoms with Gasteiger partial charge in [-0.1, -0.05) is 12.1 Å². The van der Waals surface area contributed by atoms with Crippen molar-refractivity contribution in [1.82, 2.24) is 10.2 Å². The Hall–Kier alpha value is -1.63. The van der Waals surface area contributed by atoms with Crippen molar-refractivity contribution in [2.24, 2.45) is 0 Å². The largest absolute Gasteiger partial charge is 0.497 e. The second-order valence-corrected chi connectivity index (χ2v) is 5.11. The molecule has 0 aliphatic carbocycles. The molecule has 0 saturated carbocycles. The second kappa shape index (κ2) is 7.97. The Labute approximate surface area is 124 Å². The van der Waals surface area contributed by atoms with Crippen molar-refractivity contribution >= 4 is 5.91 Å². The monoisotopic (exact) mass is 294 g/mol. The molecule has 0 bridgehead atoms. The lowest BCUT2D eigenvalue weighted by molar-refractivity contribution is -0.124. The minimum Gasteiger partial charge on any atom is -0.497 e. The first-order valence-electron chi connectivity index (χ1n) is 7.05. The van der Waals surface area contributed by atoms with E-state index >= 15 is 0 Å². The molecule has 1 saturated heterocycles. The van der Waals surface area contributed by atoms with Gasteiger partial charge in [0, 0.05) is 19.6 Å². The summed E-state index contributed by atoms with van der Waals surface area (Å²) in [7, 11) is 1.62. The Balaban J connectivity index is 1.68. The summed E-state index contributed by atoms with van der Waals surface area (Å²) in [5, 5.41) is 12.7. The van der Waals surface area contributed by atoms with E-state index in [-0.39, 0.29) is 12.5 Å². The Morgan fingerprint density at radius 3 is 3.10 bits per heavy atom. The number of benzene rings is 1. The lowest BCUT2D eigenvalue weighted by Gasteiger charge is -2.28. The first-order valence-corrected chi connectivity index (χ1v) is 7.05. The minimum absolute atomic E-state index is 0.00532.